The van der Waals surface area contributed by atoms with Gasteiger partial charge in [-0.3, -0.25) is 9.59 Å². The molecule has 1 aromatic rings. The summed E-state index contributed by atoms with van der Waals surface area (Å²) in [6.07, 6.45) is 1.04. The van der Waals surface area contributed by atoms with Gasteiger partial charge in [-0.2, -0.15) is 0 Å². The lowest BCUT2D eigenvalue weighted by atomic mass is 9.82. The molecule has 0 aliphatic carbocycles. The molecule has 2 rings (SSSR count). The fourth-order valence-electron chi connectivity index (χ4n) is 2.84. The topological polar surface area (TPSA) is 67.4 Å². The van der Waals surface area contributed by atoms with E-state index in [1.54, 1.807) is 19.1 Å². The Hall–Kier alpha value is -1.47. The minimum atomic E-state index is -0.855. The maximum atomic E-state index is 14.4. The molecule has 1 aliphatic rings. The molecular weight excluding hydrogens is 367 g/mol. The number of piperidine rings is 1. The Morgan fingerprint density at radius 2 is 2.26 bits per heavy atom. The van der Waals surface area contributed by atoms with Crippen molar-refractivity contribution in [2.75, 3.05) is 19.7 Å². The van der Waals surface area contributed by atoms with Crippen molar-refractivity contribution in [2.45, 2.75) is 31.7 Å². The van der Waals surface area contributed by atoms with Crippen LogP contribution in [0.15, 0.2) is 22.7 Å². The number of rotatable bonds is 5. The van der Waals surface area contributed by atoms with Crippen LogP contribution in [0.2, 0.25) is 0 Å². The second kappa shape index (κ2) is 7.88. The van der Waals surface area contributed by atoms with Gasteiger partial charge in [-0.1, -0.05) is 22.0 Å². The van der Waals surface area contributed by atoms with E-state index in [0.717, 1.165) is 13.0 Å². The molecule has 7 heteroatoms. The Morgan fingerprint density at radius 1 is 1.48 bits per heavy atom. The highest BCUT2D eigenvalue weighted by atomic mass is 79.9. The van der Waals surface area contributed by atoms with Gasteiger partial charge in [-0.25, -0.2) is 4.39 Å². The van der Waals surface area contributed by atoms with Gasteiger partial charge in [-0.05, 0) is 38.4 Å². The first kappa shape index (κ1) is 17.9. The van der Waals surface area contributed by atoms with Gasteiger partial charge in [-0.15, -0.1) is 0 Å². The second-order valence-electron chi connectivity index (χ2n) is 5.52. The number of nitrogens with one attached hydrogen (secondary N) is 2. The lowest BCUT2D eigenvalue weighted by molar-refractivity contribution is -0.146. The molecule has 1 aliphatic heterocycles. The number of esters is 1. The van der Waals surface area contributed by atoms with Crippen molar-refractivity contribution in [3.63, 3.8) is 0 Å². The van der Waals surface area contributed by atoms with Crippen LogP contribution in [0.25, 0.3) is 0 Å². The summed E-state index contributed by atoms with van der Waals surface area (Å²) < 4.78 is 19.8. The number of halogens is 2. The number of ether oxygens (including phenoxy) is 1. The van der Waals surface area contributed by atoms with E-state index in [9.17, 15) is 14.0 Å². The van der Waals surface area contributed by atoms with Crippen molar-refractivity contribution in [3.8, 4) is 0 Å². The number of hydrogen-bond donors (Lipinski definition) is 2. The van der Waals surface area contributed by atoms with Crippen molar-refractivity contribution in [3.05, 3.63) is 34.1 Å². The van der Waals surface area contributed by atoms with Crippen LogP contribution in [0.1, 0.15) is 31.7 Å². The quantitative estimate of drug-likeness (QED) is 0.601. The van der Waals surface area contributed by atoms with Crippen LogP contribution >= 0.6 is 15.9 Å². The molecule has 5 nitrogen and oxygen atoms in total. The molecule has 0 unspecified atom stereocenters. The standard InChI is InChI=1S/C16H20BrFN2O3/c1-2-23-15(22)9-14(21)20-16(6-3-7-19-10-16)12-5-4-11(17)8-13(12)18/h4-5,8,19H,2-3,6-7,9-10H2,1H3,(H,20,21)/t16-/m1/s1. The summed E-state index contributed by atoms with van der Waals surface area (Å²) >= 11 is 3.23. The van der Waals surface area contributed by atoms with Gasteiger partial charge in [0, 0.05) is 16.6 Å². The number of amides is 1. The fraction of sp³-hybridized carbons (Fsp3) is 0.500. The zero-order valence-electron chi connectivity index (χ0n) is 13.0. The maximum Gasteiger partial charge on any atom is 0.315 e. The van der Waals surface area contributed by atoms with Gasteiger partial charge in [0.2, 0.25) is 5.91 Å². The predicted octanol–water partition coefficient (Wildman–Crippen LogP) is 2.24. The van der Waals surface area contributed by atoms with Crippen LogP contribution in [-0.2, 0) is 19.9 Å². The summed E-state index contributed by atoms with van der Waals surface area (Å²) in [4.78, 5) is 23.7. The van der Waals surface area contributed by atoms with Crippen molar-refractivity contribution < 1.29 is 18.7 Å². The van der Waals surface area contributed by atoms with Crippen molar-refractivity contribution in [2.24, 2.45) is 0 Å². The van der Waals surface area contributed by atoms with Gasteiger partial charge in [0.1, 0.15) is 12.2 Å². The molecule has 0 spiro atoms. The normalized spacial score (nSPS) is 20.8. The van der Waals surface area contributed by atoms with Gasteiger partial charge in [0.25, 0.3) is 0 Å². The molecule has 0 bridgehead atoms. The second-order valence-corrected chi connectivity index (χ2v) is 6.43. The molecule has 1 fully saturated rings. The van der Waals surface area contributed by atoms with Crippen LogP contribution in [0.3, 0.4) is 0 Å². The molecule has 1 aromatic carbocycles. The molecule has 126 valence electrons. The highest BCUT2D eigenvalue weighted by Gasteiger charge is 2.38. The van der Waals surface area contributed by atoms with Crippen LogP contribution in [0.5, 0.6) is 0 Å². The van der Waals surface area contributed by atoms with E-state index < -0.39 is 17.4 Å². The summed E-state index contributed by atoms with van der Waals surface area (Å²) in [6.45, 7) is 3.13. The Kier molecular flexibility index (Phi) is 6.12. The van der Waals surface area contributed by atoms with E-state index in [-0.39, 0.29) is 18.8 Å². The number of hydrogen-bond acceptors (Lipinski definition) is 4. The van der Waals surface area contributed by atoms with E-state index in [2.05, 4.69) is 26.6 Å². The monoisotopic (exact) mass is 386 g/mol. The van der Waals surface area contributed by atoms with Crippen LogP contribution < -0.4 is 10.6 Å². The smallest absolute Gasteiger partial charge is 0.315 e. The van der Waals surface area contributed by atoms with E-state index in [0.29, 0.717) is 23.0 Å². The summed E-state index contributed by atoms with van der Waals surface area (Å²) in [5.41, 5.74) is -0.433. The third-order valence-corrected chi connectivity index (χ3v) is 4.31. The van der Waals surface area contributed by atoms with Crippen LogP contribution in [-0.4, -0.2) is 31.6 Å². The molecule has 0 aromatic heterocycles. The Labute approximate surface area is 143 Å². The molecule has 0 radical (unpaired) electrons. The highest BCUT2D eigenvalue weighted by molar-refractivity contribution is 9.10. The van der Waals surface area contributed by atoms with Crippen molar-refractivity contribution in [1.82, 2.24) is 10.6 Å². The Morgan fingerprint density at radius 3 is 2.87 bits per heavy atom. The number of carbonyl (C=O) groups excluding carboxylic acids is 2. The predicted molar refractivity (Wildman–Crippen MR) is 87.3 cm³/mol. The molecule has 0 saturated carbocycles. The first-order chi connectivity index (χ1) is 11.0. The molecule has 23 heavy (non-hydrogen) atoms. The first-order valence-electron chi connectivity index (χ1n) is 7.60. The average molecular weight is 387 g/mol. The molecular formula is C16H20BrFN2O3. The van der Waals surface area contributed by atoms with E-state index in [1.807, 2.05) is 0 Å². The maximum absolute atomic E-state index is 14.4. The largest absolute Gasteiger partial charge is 0.466 e. The Bertz CT molecular complexity index is 589. The summed E-state index contributed by atoms with van der Waals surface area (Å²) in [5, 5.41) is 6.03. The summed E-state index contributed by atoms with van der Waals surface area (Å²) in [6, 6.07) is 4.78. The van der Waals surface area contributed by atoms with Gasteiger partial charge in [0.05, 0.1) is 12.1 Å². The van der Waals surface area contributed by atoms with E-state index in [4.69, 9.17) is 4.74 Å². The lowest BCUT2D eigenvalue weighted by Gasteiger charge is -2.39. The SMILES string of the molecule is CCOC(=O)CC(=O)N[C@]1(c2ccc(Br)cc2F)CCCNC1. The lowest BCUT2D eigenvalue weighted by Crippen LogP contribution is -2.55. The van der Waals surface area contributed by atoms with Crippen molar-refractivity contribution in [1.29, 1.82) is 0 Å². The van der Waals surface area contributed by atoms with Gasteiger partial charge >= 0.3 is 5.97 Å². The van der Waals surface area contributed by atoms with Gasteiger partial charge < -0.3 is 15.4 Å². The molecule has 1 amide bonds. The third-order valence-electron chi connectivity index (χ3n) is 3.82. The van der Waals surface area contributed by atoms with E-state index in [1.165, 1.54) is 6.07 Å². The molecule has 1 atom stereocenters. The highest BCUT2D eigenvalue weighted by Crippen LogP contribution is 2.32. The number of carbonyl (C=O) groups is 2. The van der Waals surface area contributed by atoms with Crippen LogP contribution in [0, 0.1) is 5.82 Å². The van der Waals surface area contributed by atoms with Crippen molar-refractivity contribution >= 4 is 27.8 Å². The molecule has 1 heterocycles. The summed E-state index contributed by atoms with van der Waals surface area (Å²) in [5.74, 6) is -1.44. The molecule has 2 N–H and O–H groups in total. The average Bonchev–Trinajstić information content (AvgIpc) is 2.47. The Balaban J connectivity index is 2.22. The van der Waals surface area contributed by atoms with Crippen LogP contribution in [0.4, 0.5) is 4.39 Å². The first-order valence-corrected chi connectivity index (χ1v) is 8.39. The zero-order chi connectivity index (χ0) is 16.9. The third kappa shape index (κ3) is 4.51. The van der Waals surface area contributed by atoms with Gasteiger partial charge in [0.15, 0.2) is 0 Å². The minimum Gasteiger partial charge on any atom is -0.466 e. The van der Waals surface area contributed by atoms with E-state index >= 15 is 0 Å². The fourth-order valence-corrected chi connectivity index (χ4v) is 3.17. The number of benzene rings is 1. The zero-order valence-corrected chi connectivity index (χ0v) is 14.5. The summed E-state index contributed by atoms with van der Waals surface area (Å²) in [7, 11) is 0. The minimum absolute atomic E-state index is 0.222. The molecule has 1 saturated heterocycles.